The van der Waals surface area contributed by atoms with Crippen molar-refractivity contribution in [3.8, 4) is 0 Å². The first-order chi connectivity index (χ1) is 14.8. The van der Waals surface area contributed by atoms with E-state index in [9.17, 15) is 0 Å². The van der Waals surface area contributed by atoms with Crippen LogP contribution in [0.2, 0.25) is 0 Å². The highest BCUT2D eigenvalue weighted by molar-refractivity contribution is 4.84. The molecule has 0 bridgehead atoms. The second-order valence-corrected chi connectivity index (χ2v) is 9.51. The van der Waals surface area contributed by atoms with Gasteiger partial charge in [-0.15, -0.1) is 0 Å². The van der Waals surface area contributed by atoms with E-state index in [1.165, 1.54) is 142 Å². The van der Waals surface area contributed by atoms with Crippen LogP contribution in [0.25, 0.3) is 0 Å². The first kappa shape index (κ1) is 27.2. The minimum Gasteiger partial charge on any atom is -0.234 e. The van der Waals surface area contributed by atoms with Gasteiger partial charge in [-0.05, 0) is 19.3 Å². The van der Waals surface area contributed by atoms with Crippen molar-refractivity contribution < 1.29 is 4.57 Å². The lowest BCUT2D eigenvalue weighted by molar-refractivity contribution is -0.703. The molecule has 0 N–H and O–H groups in total. The summed E-state index contributed by atoms with van der Waals surface area (Å²) in [5, 5.41) is 0. The Kier molecular flexibility index (Phi) is 18.3. The highest BCUT2D eigenvalue weighted by Gasteiger charge is 2.15. The van der Waals surface area contributed by atoms with Crippen molar-refractivity contribution in [3.05, 3.63) is 18.2 Å². The van der Waals surface area contributed by atoms with Gasteiger partial charge in [0.1, 0.15) is 12.4 Å². The van der Waals surface area contributed by atoms with Crippen molar-refractivity contribution >= 4 is 0 Å². The molecule has 1 aromatic rings. The lowest BCUT2D eigenvalue weighted by Gasteiger charge is -2.05. The van der Waals surface area contributed by atoms with Gasteiger partial charge in [-0.25, -0.2) is 9.13 Å². The predicted octanol–water partition coefficient (Wildman–Crippen LogP) is 8.79. The van der Waals surface area contributed by atoms with E-state index >= 15 is 0 Å². The van der Waals surface area contributed by atoms with E-state index in [1.807, 2.05) is 0 Å². The topological polar surface area (TPSA) is 8.81 Å². The molecule has 0 aromatic carbocycles. The molecule has 1 rings (SSSR count). The smallest absolute Gasteiger partial charge is 0.234 e. The molecule has 0 saturated carbocycles. The first-order valence-electron chi connectivity index (χ1n) is 13.9. The number of hydrogen-bond donors (Lipinski definition) is 0. The zero-order valence-corrected chi connectivity index (χ0v) is 21.1. The number of rotatable bonds is 22. The summed E-state index contributed by atoms with van der Waals surface area (Å²) in [5.41, 5.74) is 0. The van der Waals surface area contributed by atoms with Crippen LogP contribution in [0.1, 0.15) is 149 Å². The number of hydrogen-bond acceptors (Lipinski definition) is 0. The number of nitrogens with zero attached hydrogens (tertiary/aromatic N) is 2. The van der Waals surface area contributed by atoms with Crippen LogP contribution in [0.4, 0.5) is 0 Å². The van der Waals surface area contributed by atoms with Gasteiger partial charge in [-0.1, -0.05) is 124 Å². The maximum Gasteiger partial charge on any atom is 0.256 e. The molecule has 0 atom stereocenters. The quantitative estimate of drug-likeness (QED) is 0.131. The number of imidazole rings is 1. The molecule has 1 heterocycles. The molecule has 0 unspecified atom stereocenters. The molecular weight excluding hydrogens is 364 g/mol. The Balaban J connectivity index is 1.97. The van der Waals surface area contributed by atoms with Crippen LogP contribution < -0.4 is 4.57 Å². The minimum absolute atomic E-state index is 1.17. The van der Waals surface area contributed by atoms with Gasteiger partial charge in [0, 0.05) is 6.42 Å². The van der Waals surface area contributed by atoms with Gasteiger partial charge in [-0.2, -0.15) is 0 Å². The van der Waals surface area contributed by atoms with Crippen molar-refractivity contribution in [2.75, 3.05) is 0 Å². The zero-order chi connectivity index (χ0) is 21.7. The van der Waals surface area contributed by atoms with Crippen LogP contribution in [0.3, 0.4) is 0 Å². The summed E-state index contributed by atoms with van der Waals surface area (Å²) >= 11 is 0. The molecule has 0 amide bonds. The molecule has 0 fully saturated rings. The number of aromatic nitrogens is 2. The number of aryl methyl sites for hydroxylation is 2. The molecule has 0 radical (unpaired) electrons. The summed E-state index contributed by atoms with van der Waals surface area (Å²) in [6, 6.07) is 0. The van der Waals surface area contributed by atoms with Crippen molar-refractivity contribution in [1.29, 1.82) is 0 Å². The van der Waals surface area contributed by atoms with E-state index in [4.69, 9.17) is 0 Å². The van der Waals surface area contributed by atoms with Crippen LogP contribution in [-0.2, 0) is 19.5 Å². The summed E-state index contributed by atoms with van der Waals surface area (Å²) in [5.74, 6) is 1.57. The van der Waals surface area contributed by atoms with E-state index in [0.29, 0.717) is 0 Å². The molecule has 176 valence electrons. The summed E-state index contributed by atoms with van der Waals surface area (Å²) in [7, 11) is 0. The fourth-order valence-electron chi connectivity index (χ4n) is 4.59. The molecule has 0 aliphatic heterocycles. The minimum atomic E-state index is 1.17. The van der Waals surface area contributed by atoms with Gasteiger partial charge < -0.3 is 0 Å². The lowest BCUT2D eigenvalue weighted by Crippen LogP contribution is -2.37. The molecule has 2 nitrogen and oxygen atoms in total. The molecule has 0 aliphatic carbocycles. The Morgan fingerprint density at radius 1 is 0.567 bits per heavy atom. The third kappa shape index (κ3) is 13.5. The Hall–Kier alpha value is -0.790. The third-order valence-electron chi connectivity index (χ3n) is 6.56. The third-order valence-corrected chi connectivity index (χ3v) is 6.56. The maximum atomic E-state index is 2.52. The average Bonchev–Trinajstić information content (AvgIpc) is 3.13. The van der Waals surface area contributed by atoms with Crippen LogP contribution in [-0.4, -0.2) is 4.57 Å². The molecule has 2 heteroatoms. The van der Waals surface area contributed by atoms with Crippen LogP contribution in [0.15, 0.2) is 12.4 Å². The molecule has 0 aliphatic rings. The Morgan fingerprint density at radius 2 is 1.03 bits per heavy atom. The van der Waals surface area contributed by atoms with Gasteiger partial charge in [0.05, 0.1) is 13.1 Å². The van der Waals surface area contributed by atoms with E-state index < -0.39 is 0 Å². The first-order valence-corrected chi connectivity index (χ1v) is 13.9. The van der Waals surface area contributed by atoms with E-state index in [0.717, 1.165) is 0 Å². The highest BCUT2D eigenvalue weighted by Crippen LogP contribution is 2.14. The average molecular weight is 420 g/mol. The summed E-state index contributed by atoms with van der Waals surface area (Å²) in [4.78, 5) is 0. The molecule has 0 saturated heterocycles. The van der Waals surface area contributed by atoms with Crippen molar-refractivity contribution in [2.24, 2.45) is 0 Å². The monoisotopic (exact) mass is 419 g/mol. The molecule has 0 spiro atoms. The second-order valence-electron chi connectivity index (χ2n) is 9.51. The maximum absolute atomic E-state index is 2.52. The van der Waals surface area contributed by atoms with Crippen LogP contribution in [0, 0.1) is 0 Å². The van der Waals surface area contributed by atoms with Crippen molar-refractivity contribution in [1.82, 2.24) is 4.57 Å². The van der Waals surface area contributed by atoms with E-state index in [2.05, 4.69) is 42.3 Å². The van der Waals surface area contributed by atoms with Gasteiger partial charge in [0.2, 0.25) is 0 Å². The SMILES string of the molecule is CCCCCCCCCCCCCCCCCCc1n(CCCC)cc[n+]1CCC. The summed E-state index contributed by atoms with van der Waals surface area (Å²) in [6.07, 6.45) is 32.8. The Bertz CT molecular complexity index is 477. The highest BCUT2D eigenvalue weighted by atomic mass is 15.1. The van der Waals surface area contributed by atoms with Crippen molar-refractivity contribution in [3.63, 3.8) is 0 Å². The Morgan fingerprint density at radius 3 is 1.50 bits per heavy atom. The fraction of sp³-hybridized carbons (Fsp3) is 0.893. The normalized spacial score (nSPS) is 11.4. The van der Waals surface area contributed by atoms with Gasteiger partial charge in [0.25, 0.3) is 5.82 Å². The molecular formula is C28H55N2+. The molecule has 30 heavy (non-hydrogen) atoms. The van der Waals surface area contributed by atoms with Gasteiger partial charge in [0.15, 0.2) is 0 Å². The van der Waals surface area contributed by atoms with Crippen LogP contribution in [0.5, 0.6) is 0 Å². The van der Waals surface area contributed by atoms with Gasteiger partial charge in [-0.3, -0.25) is 0 Å². The van der Waals surface area contributed by atoms with E-state index in [-0.39, 0.29) is 0 Å². The molecule has 1 aromatic heterocycles. The standard InChI is InChI=1S/C28H55N2/c1-4-7-9-10-11-12-13-14-15-16-17-18-19-20-21-22-23-28-29(24-6-3)26-27-30(28)25-8-5-2/h26-27H,4-25H2,1-3H3/q+1. The second kappa shape index (κ2) is 20.1. The number of unbranched alkanes of at least 4 members (excludes halogenated alkanes) is 16. The van der Waals surface area contributed by atoms with Crippen LogP contribution >= 0.6 is 0 Å². The predicted molar refractivity (Wildman–Crippen MR) is 133 cm³/mol. The fourth-order valence-corrected chi connectivity index (χ4v) is 4.59. The summed E-state index contributed by atoms with van der Waals surface area (Å²) in [6.45, 7) is 9.25. The zero-order valence-electron chi connectivity index (χ0n) is 21.1. The van der Waals surface area contributed by atoms with Crippen molar-refractivity contribution in [2.45, 2.75) is 162 Å². The summed E-state index contributed by atoms with van der Waals surface area (Å²) < 4.78 is 5.02. The lowest BCUT2D eigenvalue weighted by atomic mass is 10.0. The van der Waals surface area contributed by atoms with Gasteiger partial charge >= 0.3 is 0 Å². The Labute approximate surface area is 189 Å². The largest absolute Gasteiger partial charge is 0.256 e. The van der Waals surface area contributed by atoms with E-state index in [1.54, 1.807) is 5.82 Å².